The Bertz CT molecular complexity index is 504. The van der Waals surface area contributed by atoms with Gasteiger partial charge < -0.3 is 9.47 Å². The van der Waals surface area contributed by atoms with Crippen molar-refractivity contribution in [3.63, 3.8) is 0 Å². The van der Waals surface area contributed by atoms with E-state index in [1.54, 1.807) is 12.1 Å². The quantitative estimate of drug-likeness (QED) is 0.744. The van der Waals surface area contributed by atoms with E-state index in [-0.39, 0.29) is 29.8 Å². The molecular formula is C16H20BrFO3. The van der Waals surface area contributed by atoms with E-state index in [1.807, 2.05) is 13.8 Å². The maximum Gasteiger partial charge on any atom is 0.309 e. The van der Waals surface area contributed by atoms with Crippen molar-refractivity contribution in [2.75, 3.05) is 0 Å². The smallest absolute Gasteiger partial charge is 0.309 e. The van der Waals surface area contributed by atoms with E-state index in [0.29, 0.717) is 10.9 Å². The molecule has 0 spiro atoms. The number of ether oxygens (including phenoxy) is 2. The molecule has 0 N–H and O–H groups in total. The minimum Gasteiger partial charge on any atom is -0.487 e. The summed E-state index contributed by atoms with van der Waals surface area (Å²) < 4.78 is 25.4. The molecule has 0 aromatic heterocycles. The molecule has 0 amide bonds. The molecule has 1 aromatic carbocycles. The molecule has 1 unspecified atom stereocenters. The second kappa shape index (κ2) is 7.25. The highest BCUT2D eigenvalue weighted by Crippen LogP contribution is 2.30. The Balaban J connectivity index is 1.96. The maximum absolute atomic E-state index is 13.8. The lowest BCUT2D eigenvalue weighted by atomic mass is 9.87. The second-order valence-electron chi connectivity index (χ2n) is 5.66. The van der Waals surface area contributed by atoms with Crippen LogP contribution in [0.15, 0.2) is 22.7 Å². The Morgan fingerprint density at radius 3 is 2.81 bits per heavy atom. The summed E-state index contributed by atoms with van der Waals surface area (Å²) in [7, 11) is 0. The largest absolute Gasteiger partial charge is 0.487 e. The first-order valence-corrected chi connectivity index (χ1v) is 8.07. The zero-order valence-electron chi connectivity index (χ0n) is 12.3. The van der Waals surface area contributed by atoms with E-state index < -0.39 is 5.82 Å². The van der Waals surface area contributed by atoms with E-state index in [9.17, 15) is 9.18 Å². The minimum atomic E-state index is -0.392. The van der Waals surface area contributed by atoms with E-state index >= 15 is 0 Å². The van der Waals surface area contributed by atoms with Crippen LogP contribution in [-0.2, 0) is 9.53 Å². The van der Waals surface area contributed by atoms with Crippen LogP contribution in [0.1, 0.15) is 39.5 Å². The lowest BCUT2D eigenvalue weighted by Gasteiger charge is -2.29. The van der Waals surface area contributed by atoms with Gasteiger partial charge in [0, 0.05) is 4.47 Å². The number of carbonyl (C=O) groups is 1. The first-order valence-electron chi connectivity index (χ1n) is 7.28. The molecule has 0 bridgehead atoms. The molecule has 1 fully saturated rings. The van der Waals surface area contributed by atoms with Crippen LogP contribution < -0.4 is 4.74 Å². The van der Waals surface area contributed by atoms with E-state index in [4.69, 9.17) is 9.47 Å². The minimum absolute atomic E-state index is 0.109. The highest BCUT2D eigenvalue weighted by Gasteiger charge is 2.30. The van der Waals surface area contributed by atoms with Crippen LogP contribution >= 0.6 is 15.9 Å². The predicted molar refractivity (Wildman–Crippen MR) is 81.7 cm³/mol. The molecule has 5 heteroatoms. The first-order chi connectivity index (χ1) is 9.95. The lowest BCUT2D eigenvalue weighted by Crippen LogP contribution is -2.31. The third kappa shape index (κ3) is 4.70. The summed E-state index contributed by atoms with van der Waals surface area (Å²) in [6.07, 6.45) is 2.87. The Morgan fingerprint density at radius 1 is 1.38 bits per heavy atom. The Kier molecular flexibility index (Phi) is 5.62. The zero-order valence-corrected chi connectivity index (χ0v) is 13.9. The summed E-state index contributed by atoms with van der Waals surface area (Å²) >= 11 is 3.22. The van der Waals surface area contributed by atoms with Gasteiger partial charge in [0.2, 0.25) is 0 Å². The van der Waals surface area contributed by atoms with Gasteiger partial charge in [-0.1, -0.05) is 15.9 Å². The Hall–Kier alpha value is -1.10. The monoisotopic (exact) mass is 358 g/mol. The number of carbonyl (C=O) groups excluding carboxylic acids is 1. The highest BCUT2D eigenvalue weighted by atomic mass is 79.9. The number of rotatable bonds is 4. The topological polar surface area (TPSA) is 35.5 Å². The van der Waals surface area contributed by atoms with E-state index in [1.165, 1.54) is 6.07 Å². The standard InChI is InChI=1S/C16H20BrFO3/c1-10(2)20-16(19)11-4-3-5-13(8-11)21-15-7-6-12(17)9-14(15)18/h6-7,9-11,13H,3-5,8H2,1-2H3/t11-,13?/m0/s1. The van der Waals surface area contributed by atoms with E-state index in [0.717, 1.165) is 19.3 Å². The summed E-state index contributed by atoms with van der Waals surface area (Å²) in [5.74, 6) is -0.475. The van der Waals surface area contributed by atoms with Gasteiger partial charge in [-0.15, -0.1) is 0 Å². The molecule has 1 aliphatic carbocycles. The fourth-order valence-corrected chi connectivity index (χ4v) is 2.88. The molecule has 0 aliphatic heterocycles. The molecular weight excluding hydrogens is 339 g/mol. The van der Waals surface area contributed by atoms with Crippen LogP contribution in [0.25, 0.3) is 0 Å². The number of esters is 1. The van der Waals surface area contributed by atoms with Gasteiger partial charge in [-0.25, -0.2) is 4.39 Å². The third-order valence-corrected chi connectivity index (χ3v) is 3.99. The summed E-state index contributed by atoms with van der Waals surface area (Å²) in [6, 6.07) is 4.73. The zero-order chi connectivity index (χ0) is 15.4. The Labute approximate surface area is 132 Å². The lowest BCUT2D eigenvalue weighted by molar-refractivity contribution is -0.154. The van der Waals surface area contributed by atoms with Crippen molar-refractivity contribution >= 4 is 21.9 Å². The SMILES string of the molecule is CC(C)OC(=O)[C@H]1CCCC(Oc2ccc(Br)cc2F)C1. The van der Waals surface area contributed by atoms with Gasteiger partial charge in [-0.3, -0.25) is 4.79 Å². The molecule has 0 saturated heterocycles. The normalized spacial score (nSPS) is 22.1. The highest BCUT2D eigenvalue weighted by molar-refractivity contribution is 9.10. The van der Waals surface area contributed by atoms with Gasteiger partial charge in [0.05, 0.1) is 18.1 Å². The fraction of sp³-hybridized carbons (Fsp3) is 0.562. The predicted octanol–water partition coefficient (Wildman–Crippen LogP) is 4.48. The molecule has 3 nitrogen and oxygen atoms in total. The van der Waals surface area contributed by atoms with Gasteiger partial charge in [-0.05, 0) is 57.7 Å². The van der Waals surface area contributed by atoms with Crippen LogP contribution in [0.3, 0.4) is 0 Å². The molecule has 1 saturated carbocycles. The first kappa shape index (κ1) is 16.3. The van der Waals surface area contributed by atoms with Gasteiger partial charge in [0.25, 0.3) is 0 Å². The second-order valence-corrected chi connectivity index (χ2v) is 6.58. The Morgan fingerprint density at radius 2 is 2.14 bits per heavy atom. The van der Waals surface area contributed by atoms with Crippen LogP contribution in [0.2, 0.25) is 0 Å². The van der Waals surface area contributed by atoms with Crippen molar-refractivity contribution in [3.8, 4) is 5.75 Å². The van der Waals surface area contributed by atoms with Crippen LogP contribution in [0.4, 0.5) is 4.39 Å². The molecule has 0 radical (unpaired) electrons. The summed E-state index contributed by atoms with van der Waals surface area (Å²) in [4.78, 5) is 12.0. The molecule has 2 atom stereocenters. The average Bonchev–Trinajstić information content (AvgIpc) is 2.41. The molecule has 1 aromatic rings. The van der Waals surface area contributed by atoms with Crippen LogP contribution in [0, 0.1) is 11.7 Å². The summed E-state index contributed by atoms with van der Waals surface area (Å²) in [5, 5.41) is 0. The summed E-state index contributed by atoms with van der Waals surface area (Å²) in [5.41, 5.74) is 0. The van der Waals surface area contributed by atoms with Gasteiger partial charge in [-0.2, -0.15) is 0 Å². The summed E-state index contributed by atoms with van der Waals surface area (Å²) in [6.45, 7) is 3.68. The van der Waals surface area contributed by atoms with Crippen molar-refractivity contribution in [3.05, 3.63) is 28.5 Å². The van der Waals surface area contributed by atoms with Crippen LogP contribution in [0.5, 0.6) is 5.75 Å². The number of halogens is 2. The number of hydrogen-bond donors (Lipinski definition) is 0. The fourth-order valence-electron chi connectivity index (χ4n) is 2.54. The van der Waals surface area contributed by atoms with Crippen molar-refractivity contribution in [2.45, 2.75) is 51.7 Å². The van der Waals surface area contributed by atoms with Crippen molar-refractivity contribution in [1.82, 2.24) is 0 Å². The molecule has 0 heterocycles. The molecule has 21 heavy (non-hydrogen) atoms. The van der Waals surface area contributed by atoms with Crippen molar-refractivity contribution in [2.24, 2.45) is 5.92 Å². The number of benzene rings is 1. The molecule has 116 valence electrons. The van der Waals surface area contributed by atoms with Crippen LogP contribution in [-0.4, -0.2) is 18.2 Å². The number of hydrogen-bond acceptors (Lipinski definition) is 3. The van der Waals surface area contributed by atoms with Gasteiger partial charge in [0.15, 0.2) is 11.6 Å². The molecule has 2 rings (SSSR count). The van der Waals surface area contributed by atoms with Gasteiger partial charge >= 0.3 is 5.97 Å². The van der Waals surface area contributed by atoms with Gasteiger partial charge in [0.1, 0.15) is 0 Å². The van der Waals surface area contributed by atoms with Crippen molar-refractivity contribution < 1.29 is 18.7 Å². The van der Waals surface area contributed by atoms with E-state index in [2.05, 4.69) is 15.9 Å². The average molecular weight is 359 g/mol. The maximum atomic E-state index is 13.8. The third-order valence-electron chi connectivity index (χ3n) is 3.50. The molecule has 1 aliphatic rings. The van der Waals surface area contributed by atoms with Crippen molar-refractivity contribution in [1.29, 1.82) is 0 Å².